The second kappa shape index (κ2) is 5.93. The molecule has 1 aliphatic carbocycles. The Balaban J connectivity index is 2.06. The van der Waals surface area contributed by atoms with Gasteiger partial charge in [0.05, 0.1) is 14.2 Å². The third-order valence-electron chi connectivity index (χ3n) is 3.50. The smallest absolute Gasteiger partial charge is 0.161 e. The minimum atomic E-state index is 0.588. The number of benzene rings is 1. The van der Waals surface area contributed by atoms with Crippen LogP contribution in [0, 0.1) is 5.92 Å². The van der Waals surface area contributed by atoms with E-state index < -0.39 is 0 Å². The molecule has 0 spiro atoms. The summed E-state index contributed by atoms with van der Waals surface area (Å²) in [7, 11) is 3.31. The van der Waals surface area contributed by atoms with Crippen molar-refractivity contribution < 1.29 is 9.47 Å². The van der Waals surface area contributed by atoms with Crippen molar-refractivity contribution in [2.24, 2.45) is 5.92 Å². The number of ether oxygens (including phenoxy) is 2. The van der Waals surface area contributed by atoms with Crippen molar-refractivity contribution in [1.29, 1.82) is 0 Å². The first kappa shape index (κ1) is 13.7. The predicted molar refractivity (Wildman–Crippen MR) is 76.3 cm³/mol. The van der Waals surface area contributed by atoms with Gasteiger partial charge in [0.1, 0.15) is 0 Å². The summed E-state index contributed by atoms with van der Waals surface area (Å²) < 4.78 is 11.6. The summed E-state index contributed by atoms with van der Waals surface area (Å²) in [6.45, 7) is 3.10. The first-order chi connectivity index (χ1) is 8.65. The van der Waals surface area contributed by atoms with Gasteiger partial charge in [0.25, 0.3) is 0 Å². The molecule has 1 saturated carbocycles. The van der Waals surface area contributed by atoms with Crippen molar-refractivity contribution in [3.05, 3.63) is 22.2 Å². The third kappa shape index (κ3) is 3.18. The lowest BCUT2D eigenvalue weighted by Crippen LogP contribution is -2.27. The molecule has 1 aliphatic rings. The Morgan fingerprint density at radius 1 is 1.28 bits per heavy atom. The highest BCUT2D eigenvalue weighted by molar-refractivity contribution is 9.10. The molecule has 18 heavy (non-hydrogen) atoms. The fourth-order valence-corrected chi connectivity index (χ4v) is 2.53. The zero-order valence-corrected chi connectivity index (χ0v) is 12.7. The zero-order valence-electron chi connectivity index (χ0n) is 11.1. The Hall–Kier alpha value is -0.740. The van der Waals surface area contributed by atoms with E-state index in [-0.39, 0.29) is 0 Å². The van der Waals surface area contributed by atoms with E-state index in [1.807, 2.05) is 12.1 Å². The van der Waals surface area contributed by atoms with E-state index in [2.05, 4.69) is 28.2 Å². The van der Waals surface area contributed by atoms with Crippen LogP contribution in [0.3, 0.4) is 0 Å². The van der Waals surface area contributed by atoms with Gasteiger partial charge in [-0.05, 0) is 43.4 Å². The molecule has 1 unspecified atom stereocenters. The van der Waals surface area contributed by atoms with Gasteiger partial charge < -0.3 is 14.8 Å². The molecule has 0 heterocycles. The fourth-order valence-electron chi connectivity index (χ4n) is 2.07. The highest BCUT2D eigenvalue weighted by atomic mass is 79.9. The van der Waals surface area contributed by atoms with Gasteiger partial charge >= 0.3 is 0 Å². The molecule has 1 aromatic rings. The highest BCUT2D eigenvalue weighted by Crippen LogP contribution is 2.35. The molecule has 100 valence electrons. The van der Waals surface area contributed by atoms with Crippen LogP contribution < -0.4 is 14.8 Å². The maximum atomic E-state index is 5.32. The molecular formula is C14H20BrNO2. The number of hydrogen-bond acceptors (Lipinski definition) is 3. The number of methoxy groups -OCH3 is 2. The van der Waals surface area contributed by atoms with Crippen LogP contribution in [0.25, 0.3) is 0 Å². The minimum absolute atomic E-state index is 0.588. The lowest BCUT2D eigenvalue weighted by Gasteiger charge is -2.15. The molecule has 0 radical (unpaired) electrons. The van der Waals surface area contributed by atoms with Crippen LogP contribution in [-0.2, 0) is 6.54 Å². The van der Waals surface area contributed by atoms with Crippen LogP contribution in [0.5, 0.6) is 11.5 Å². The maximum Gasteiger partial charge on any atom is 0.161 e. The molecule has 3 nitrogen and oxygen atoms in total. The minimum Gasteiger partial charge on any atom is -0.493 e. The molecular weight excluding hydrogens is 294 g/mol. The van der Waals surface area contributed by atoms with Crippen LogP contribution in [0.15, 0.2) is 16.6 Å². The lowest BCUT2D eigenvalue weighted by molar-refractivity contribution is 0.354. The molecule has 0 saturated heterocycles. The number of nitrogens with one attached hydrogen (secondary N) is 1. The van der Waals surface area contributed by atoms with Crippen molar-refractivity contribution in [3.8, 4) is 11.5 Å². The Kier molecular flexibility index (Phi) is 4.51. The lowest BCUT2D eigenvalue weighted by atomic mass is 10.1. The second-order valence-corrected chi connectivity index (χ2v) is 5.66. The summed E-state index contributed by atoms with van der Waals surface area (Å²) >= 11 is 3.58. The van der Waals surface area contributed by atoms with Crippen molar-refractivity contribution >= 4 is 15.9 Å². The highest BCUT2D eigenvalue weighted by Gasteiger charge is 2.27. The van der Waals surface area contributed by atoms with Crippen LogP contribution in [0.1, 0.15) is 25.3 Å². The summed E-state index contributed by atoms with van der Waals surface area (Å²) in [5, 5.41) is 3.56. The molecule has 0 aromatic heterocycles. The van der Waals surface area contributed by atoms with E-state index in [1.165, 1.54) is 18.4 Å². The Morgan fingerprint density at radius 2 is 1.89 bits per heavy atom. The van der Waals surface area contributed by atoms with Crippen LogP contribution >= 0.6 is 15.9 Å². The molecule has 0 bridgehead atoms. The normalized spacial score (nSPS) is 16.4. The summed E-state index contributed by atoms with van der Waals surface area (Å²) in [5.41, 5.74) is 1.19. The van der Waals surface area contributed by atoms with E-state index in [0.717, 1.165) is 28.4 Å². The van der Waals surface area contributed by atoms with Gasteiger partial charge in [-0.15, -0.1) is 0 Å². The summed E-state index contributed by atoms with van der Waals surface area (Å²) in [4.78, 5) is 0. The topological polar surface area (TPSA) is 30.5 Å². The van der Waals surface area contributed by atoms with Gasteiger partial charge in [-0.1, -0.05) is 15.9 Å². The molecule has 2 rings (SSSR count). The van der Waals surface area contributed by atoms with E-state index in [0.29, 0.717) is 6.04 Å². The second-order valence-electron chi connectivity index (χ2n) is 4.81. The average Bonchev–Trinajstić information content (AvgIpc) is 3.20. The number of halogens is 1. The van der Waals surface area contributed by atoms with Gasteiger partial charge in [-0.25, -0.2) is 0 Å². The molecule has 0 amide bonds. The molecule has 4 heteroatoms. The average molecular weight is 314 g/mol. The van der Waals surface area contributed by atoms with Gasteiger partial charge in [0.2, 0.25) is 0 Å². The molecule has 1 atom stereocenters. The molecule has 1 N–H and O–H groups in total. The standard InChI is InChI=1S/C14H20BrNO2/c1-9(10-4-5-10)16-8-11-6-13(17-2)14(18-3)7-12(11)15/h6-7,9-10,16H,4-5,8H2,1-3H3. The molecule has 0 aliphatic heterocycles. The first-order valence-corrected chi connectivity index (χ1v) is 7.08. The van der Waals surface area contributed by atoms with E-state index >= 15 is 0 Å². The summed E-state index contributed by atoms with van der Waals surface area (Å²) in [6, 6.07) is 4.57. The predicted octanol–water partition coefficient (Wildman–Crippen LogP) is 3.35. The van der Waals surface area contributed by atoms with Crippen LogP contribution in [0.4, 0.5) is 0 Å². The van der Waals surface area contributed by atoms with Crippen molar-refractivity contribution in [2.45, 2.75) is 32.4 Å². The number of rotatable bonds is 6. The van der Waals surface area contributed by atoms with Crippen molar-refractivity contribution in [2.75, 3.05) is 14.2 Å². The Bertz CT molecular complexity index is 419. The summed E-state index contributed by atoms with van der Waals surface area (Å²) in [5.74, 6) is 2.39. The van der Waals surface area contributed by atoms with Gasteiger partial charge in [-0.2, -0.15) is 0 Å². The Labute approximate surface area is 117 Å². The van der Waals surface area contributed by atoms with Crippen LogP contribution in [-0.4, -0.2) is 20.3 Å². The van der Waals surface area contributed by atoms with E-state index in [4.69, 9.17) is 9.47 Å². The SMILES string of the molecule is COc1cc(Br)c(CNC(C)C2CC2)cc1OC. The molecule has 1 fully saturated rings. The molecule has 1 aromatic carbocycles. The fraction of sp³-hybridized carbons (Fsp3) is 0.571. The van der Waals surface area contributed by atoms with Crippen molar-refractivity contribution in [3.63, 3.8) is 0 Å². The van der Waals surface area contributed by atoms with Crippen LogP contribution in [0.2, 0.25) is 0 Å². The van der Waals surface area contributed by atoms with E-state index in [1.54, 1.807) is 14.2 Å². The quantitative estimate of drug-likeness (QED) is 0.873. The Morgan fingerprint density at radius 3 is 2.44 bits per heavy atom. The first-order valence-electron chi connectivity index (χ1n) is 6.29. The van der Waals surface area contributed by atoms with Gasteiger partial charge in [0.15, 0.2) is 11.5 Å². The number of hydrogen-bond donors (Lipinski definition) is 1. The monoisotopic (exact) mass is 313 g/mol. The maximum absolute atomic E-state index is 5.32. The third-order valence-corrected chi connectivity index (χ3v) is 4.23. The zero-order chi connectivity index (χ0) is 13.1. The van der Waals surface area contributed by atoms with Crippen molar-refractivity contribution in [1.82, 2.24) is 5.32 Å². The largest absolute Gasteiger partial charge is 0.493 e. The summed E-state index contributed by atoms with van der Waals surface area (Å²) in [6.07, 6.45) is 2.72. The van der Waals surface area contributed by atoms with Gasteiger partial charge in [0, 0.05) is 17.1 Å². The van der Waals surface area contributed by atoms with Gasteiger partial charge in [-0.3, -0.25) is 0 Å². The van der Waals surface area contributed by atoms with E-state index in [9.17, 15) is 0 Å².